The number of hydrogen-bond donors (Lipinski definition) is 2. The average Bonchev–Trinajstić information content (AvgIpc) is 3.55. The SMILES string of the molecule is CN(C)C1CCN(c2ccc3c(c2)[nH]c2c(C(N)=O)cc(-c4ccc5c(cnn5C)c4)nc23)C1. The number of nitrogens with zero attached hydrogens (tertiary/aromatic N) is 5. The van der Waals surface area contributed by atoms with E-state index in [2.05, 4.69) is 52.2 Å². The number of pyridine rings is 1. The molecule has 1 aliphatic rings. The molecular formula is C26H27N7O. The van der Waals surface area contributed by atoms with Gasteiger partial charge in [-0.15, -0.1) is 0 Å². The molecule has 6 rings (SSSR count). The monoisotopic (exact) mass is 453 g/mol. The van der Waals surface area contributed by atoms with Crippen LogP contribution in [-0.2, 0) is 7.05 Å². The van der Waals surface area contributed by atoms with Crippen molar-refractivity contribution >= 4 is 44.4 Å². The van der Waals surface area contributed by atoms with Gasteiger partial charge in [-0.2, -0.15) is 5.10 Å². The van der Waals surface area contributed by atoms with Crippen molar-refractivity contribution in [3.8, 4) is 11.3 Å². The molecule has 172 valence electrons. The van der Waals surface area contributed by atoms with Crippen molar-refractivity contribution in [3.05, 3.63) is 54.2 Å². The van der Waals surface area contributed by atoms with Crippen molar-refractivity contribution in [1.29, 1.82) is 0 Å². The lowest BCUT2D eigenvalue weighted by Crippen LogP contribution is -2.31. The summed E-state index contributed by atoms with van der Waals surface area (Å²) >= 11 is 0. The molecule has 0 saturated carbocycles. The van der Waals surface area contributed by atoms with E-state index in [9.17, 15) is 4.79 Å². The van der Waals surface area contributed by atoms with Crippen LogP contribution >= 0.6 is 0 Å². The van der Waals surface area contributed by atoms with Crippen molar-refractivity contribution < 1.29 is 4.79 Å². The standard InChI is InChI=1S/C26H27N7O/c1-31(2)18-8-9-33(14-18)17-5-6-19-22(11-17)30-25-20(26(27)34)12-21(29-24(19)25)15-4-7-23-16(10-15)13-28-32(23)3/h4-7,10-13,18,30H,8-9,14H2,1-3H3,(H2,27,34). The summed E-state index contributed by atoms with van der Waals surface area (Å²) in [7, 11) is 6.19. The predicted octanol–water partition coefficient (Wildman–Crippen LogP) is 3.51. The number of nitrogens with one attached hydrogen (secondary N) is 1. The summed E-state index contributed by atoms with van der Waals surface area (Å²) in [6.45, 7) is 2.03. The van der Waals surface area contributed by atoms with E-state index in [0.29, 0.717) is 22.8 Å². The third-order valence-electron chi connectivity index (χ3n) is 7.10. The van der Waals surface area contributed by atoms with E-state index < -0.39 is 5.91 Å². The van der Waals surface area contributed by atoms with Gasteiger partial charge in [-0.3, -0.25) is 9.48 Å². The lowest BCUT2D eigenvalue weighted by atomic mass is 10.1. The Morgan fingerprint density at radius 3 is 2.79 bits per heavy atom. The zero-order valence-electron chi connectivity index (χ0n) is 19.5. The van der Waals surface area contributed by atoms with Crippen LogP contribution in [0, 0.1) is 0 Å². The highest BCUT2D eigenvalue weighted by atomic mass is 16.1. The van der Waals surface area contributed by atoms with E-state index in [1.807, 2.05) is 36.1 Å². The molecule has 1 aliphatic heterocycles. The molecule has 1 unspecified atom stereocenters. The van der Waals surface area contributed by atoms with E-state index >= 15 is 0 Å². The van der Waals surface area contributed by atoms with Gasteiger partial charge in [-0.05, 0) is 56.9 Å². The number of aryl methyl sites for hydroxylation is 1. The number of nitrogens with two attached hydrogens (primary N) is 1. The molecule has 1 atom stereocenters. The summed E-state index contributed by atoms with van der Waals surface area (Å²) in [5, 5.41) is 6.33. The summed E-state index contributed by atoms with van der Waals surface area (Å²) < 4.78 is 1.84. The van der Waals surface area contributed by atoms with Gasteiger partial charge in [0.25, 0.3) is 5.91 Å². The Morgan fingerprint density at radius 1 is 1.18 bits per heavy atom. The van der Waals surface area contributed by atoms with Crippen molar-refractivity contribution in [2.45, 2.75) is 12.5 Å². The van der Waals surface area contributed by atoms with E-state index in [1.54, 1.807) is 6.07 Å². The summed E-state index contributed by atoms with van der Waals surface area (Å²) in [5.74, 6) is -0.476. The van der Waals surface area contributed by atoms with Crippen LogP contribution in [0.2, 0.25) is 0 Å². The Morgan fingerprint density at radius 2 is 2.03 bits per heavy atom. The quantitative estimate of drug-likeness (QED) is 0.434. The number of hydrogen-bond acceptors (Lipinski definition) is 5. The minimum atomic E-state index is -0.476. The van der Waals surface area contributed by atoms with E-state index in [-0.39, 0.29) is 0 Å². The summed E-state index contributed by atoms with van der Waals surface area (Å²) in [6.07, 6.45) is 2.98. The molecule has 3 aromatic heterocycles. The minimum absolute atomic E-state index is 0.442. The number of carbonyl (C=O) groups is 1. The summed E-state index contributed by atoms with van der Waals surface area (Å²) in [6, 6.07) is 14.8. The molecule has 0 spiro atoms. The number of likely N-dealkylation sites (N-methyl/N-ethyl adjacent to an activating group) is 1. The molecule has 8 heteroatoms. The first kappa shape index (κ1) is 20.7. The van der Waals surface area contributed by atoms with Gasteiger partial charge in [0.15, 0.2) is 0 Å². The Bertz CT molecular complexity index is 1580. The van der Waals surface area contributed by atoms with Crippen LogP contribution < -0.4 is 10.6 Å². The topological polar surface area (TPSA) is 96.1 Å². The highest BCUT2D eigenvalue weighted by Crippen LogP contribution is 2.33. The fraction of sp³-hybridized carbons (Fsp3) is 0.269. The average molecular weight is 454 g/mol. The largest absolute Gasteiger partial charge is 0.370 e. The molecule has 1 saturated heterocycles. The van der Waals surface area contributed by atoms with Crippen molar-refractivity contribution in [1.82, 2.24) is 24.6 Å². The number of aromatic amines is 1. The van der Waals surface area contributed by atoms with Crippen LogP contribution in [0.1, 0.15) is 16.8 Å². The number of benzene rings is 2. The fourth-order valence-electron chi connectivity index (χ4n) is 5.10. The Labute approximate surface area is 197 Å². The first-order valence-electron chi connectivity index (χ1n) is 11.5. The molecule has 5 aromatic rings. The zero-order chi connectivity index (χ0) is 23.6. The first-order valence-corrected chi connectivity index (χ1v) is 11.5. The molecular weight excluding hydrogens is 426 g/mol. The second-order valence-corrected chi connectivity index (χ2v) is 9.39. The van der Waals surface area contributed by atoms with Crippen LogP contribution in [0.15, 0.2) is 48.7 Å². The minimum Gasteiger partial charge on any atom is -0.370 e. The predicted molar refractivity (Wildman–Crippen MR) is 136 cm³/mol. The number of aromatic nitrogens is 4. The molecule has 3 N–H and O–H groups in total. The van der Waals surface area contributed by atoms with Crippen LogP contribution in [0.5, 0.6) is 0 Å². The van der Waals surface area contributed by atoms with Crippen molar-refractivity contribution in [3.63, 3.8) is 0 Å². The molecule has 2 aromatic carbocycles. The molecule has 0 radical (unpaired) electrons. The van der Waals surface area contributed by atoms with Crippen LogP contribution in [-0.4, -0.2) is 63.8 Å². The first-order chi connectivity index (χ1) is 16.4. The second kappa shape index (κ2) is 7.56. The van der Waals surface area contributed by atoms with E-state index in [4.69, 9.17) is 10.7 Å². The maximum atomic E-state index is 12.4. The lowest BCUT2D eigenvalue weighted by Gasteiger charge is -2.21. The number of amides is 1. The van der Waals surface area contributed by atoms with Crippen LogP contribution in [0.4, 0.5) is 5.69 Å². The Balaban J connectivity index is 1.48. The maximum Gasteiger partial charge on any atom is 0.250 e. The van der Waals surface area contributed by atoms with Gasteiger partial charge in [-0.1, -0.05) is 6.07 Å². The molecule has 8 nitrogen and oxygen atoms in total. The van der Waals surface area contributed by atoms with Gasteiger partial charge < -0.3 is 20.5 Å². The van der Waals surface area contributed by atoms with Crippen LogP contribution in [0.25, 0.3) is 44.1 Å². The zero-order valence-corrected chi connectivity index (χ0v) is 19.5. The van der Waals surface area contributed by atoms with Crippen molar-refractivity contribution in [2.75, 3.05) is 32.1 Å². The molecule has 1 fully saturated rings. The number of H-pyrrole nitrogens is 1. The van der Waals surface area contributed by atoms with Crippen LogP contribution in [0.3, 0.4) is 0 Å². The molecule has 34 heavy (non-hydrogen) atoms. The lowest BCUT2D eigenvalue weighted by molar-refractivity contribution is 0.100. The summed E-state index contributed by atoms with van der Waals surface area (Å²) in [5.41, 5.74) is 12.5. The fourth-order valence-corrected chi connectivity index (χ4v) is 5.10. The Kier molecular flexibility index (Phi) is 4.60. The normalized spacial score (nSPS) is 16.5. The van der Waals surface area contributed by atoms with E-state index in [1.165, 1.54) is 5.69 Å². The van der Waals surface area contributed by atoms with Gasteiger partial charge in [-0.25, -0.2) is 4.98 Å². The maximum absolute atomic E-state index is 12.4. The molecule has 4 heterocycles. The number of fused-ring (bicyclic) bond motifs is 4. The number of primary amides is 1. The van der Waals surface area contributed by atoms with Gasteiger partial charge in [0.05, 0.1) is 39.5 Å². The molecule has 0 aliphatic carbocycles. The number of anilines is 1. The third kappa shape index (κ3) is 3.21. The van der Waals surface area contributed by atoms with E-state index in [0.717, 1.165) is 52.4 Å². The summed E-state index contributed by atoms with van der Waals surface area (Å²) in [4.78, 5) is 25.5. The smallest absolute Gasteiger partial charge is 0.250 e. The molecule has 1 amide bonds. The number of rotatable bonds is 4. The highest BCUT2D eigenvalue weighted by molar-refractivity contribution is 6.14. The van der Waals surface area contributed by atoms with Crippen molar-refractivity contribution in [2.24, 2.45) is 12.8 Å². The number of carbonyl (C=O) groups excluding carboxylic acids is 1. The van der Waals surface area contributed by atoms with Gasteiger partial charge in [0.2, 0.25) is 0 Å². The second-order valence-electron chi connectivity index (χ2n) is 9.39. The van der Waals surface area contributed by atoms with Gasteiger partial charge in [0, 0.05) is 48.2 Å². The molecule has 0 bridgehead atoms. The van der Waals surface area contributed by atoms with Gasteiger partial charge in [0.1, 0.15) is 0 Å². The Hall–Kier alpha value is -3.91. The highest BCUT2D eigenvalue weighted by Gasteiger charge is 2.25. The third-order valence-corrected chi connectivity index (χ3v) is 7.10. The van der Waals surface area contributed by atoms with Gasteiger partial charge >= 0.3 is 0 Å².